The smallest absolute Gasteiger partial charge is 0.307 e. The highest BCUT2D eigenvalue weighted by Crippen LogP contribution is 2.38. The lowest BCUT2D eigenvalue weighted by molar-refractivity contribution is -0.136. The average molecular weight is 501 g/mol. The minimum absolute atomic E-state index is 0.0394. The molecule has 190 valence electrons. The molecule has 0 radical (unpaired) electrons. The number of benzene rings is 3. The Morgan fingerprint density at radius 3 is 2.62 bits per heavy atom. The van der Waals surface area contributed by atoms with E-state index in [1.165, 1.54) is 13.2 Å². The summed E-state index contributed by atoms with van der Waals surface area (Å²) in [4.78, 5) is 26.2. The SMILES string of the molecule is COc1cc(CC(=O)O)ccc1-c1ccc(F)c2c1CN(C(=O)CCc1cn(C)c3ccccc13)CC2. The van der Waals surface area contributed by atoms with E-state index < -0.39 is 5.97 Å². The molecule has 4 aromatic rings. The molecular weight excluding hydrogens is 471 g/mol. The summed E-state index contributed by atoms with van der Waals surface area (Å²) in [5.74, 6) is -0.640. The number of halogens is 1. The van der Waals surface area contributed by atoms with Crippen molar-refractivity contribution in [2.75, 3.05) is 13.7 Å². The Morgan fingerprint density at radius 1 is 1.05 bits per heavy atom. The molecule has 1 N–H and O–H groups in total. The zero-order chi connectivity index (χ0) is 26.1. The number of aliphatic carboxylic acids is 1. The van der Waals surface area contributed by atoms with Gasteiger partial charge in [0.05, 0.1) is 13.5 Å². The van der Waals surface area contributed by atoms with Gasteiger partial charge in [0.1, 0.15) is 11.6 Å². The van der Waals surface area contributed by atoms with Gasteiger partial charge in [-0.3, -0.25) is 9.59 Å². The normalized spacial score (nSPS) is 13.0. The topological polar surface area (TPSA) is 71.8 Å². The zero-order valence-corrected chi connectivity index (χ0v) is 21.0. The first kappa shape index (κ1) is 24.6. The summed E-state index contributed by atoms with van der Waals surface area (Å²) < 4.78 is 22.5. The van der Waals surface area contributed by atoms with Crippen LogP contribution in [0, 0.1) is 5.82 Å². The highest BCUT2D eigenvalue weighted by molar-refractivity contribution is 5.85. The van der Waals surface area contributed by atoms with Crippen LogP contribution in [0.4, 0.5) is 4.39 Å². The molecule has 1 amide bonds. The second-order valence-electron chi connectivity index (χ2n) is 9.50. The number of amides is 1. The van der Waals surface area contributed by atoms with Crippen molar-refractivity contribution in [1.82, 2.24) is 9.47 Å². The Hall–Kier alpha value is -4.13. The van der Waals surface area contributed by atoms with Gasteiger partial charge in [0, 0.05) is 49.2 Å². The average Bonchev–Trinajstić information content (AvgIpc) is 3.22. The van der Waals surface area contributed by atoms with Crippen LogP contribution in [-0.2, 0) is 42.4 Å². The standard InChI is InChI=1S/C30H29FN2O4/c1-32-17-20(21-5-3-4-6-27(21)32)8-12-29(34)33-14-13-23-25(18-33)22(10-11-26(23)31)24-9-7-19(16-30(35)36)15-28(24)37-2/h3-7,9-11,15,17H,8,12-14,16,18H2,1-2H3,(H,35,36). The number of carbonyl (C=O) groups excluding carboxylic acids is 1. The van der Waals surface area contributed by atoms with Crippen LogP contribution in [0.3, 0.4) is 0 Å². The van der Waals surface area contributed by atoms with E-state index in [1.807, 2.05) is 30.1 Å². The molecule has 0 fully saturated rings. The van der Waals surface area contributed by atoms with Crippen LogP contribution < -0.4 is 4.74 Å². The van der Waals surface area contributed by atoms with Crippen LogP contribution in [-0.4, -0.2) is 40.1 Å². The van der Waals surface area contributed by atoms with Crippen LogP contribution in [0.1, 0.15) is 28.7 Å². The van der Waals surface area contributed by atoms with E-state index in [0.717, 1.165) is 33.2 Å². The van der Waals surface area contributed by atoms with E-state index in [2.05, 4.69) is 22.9 Å². The fourth-order valence-electron chi connectivity index (χ4n) is 5.36. The number of rotatable bonds is 7. The first-order valence-corrected chi connectivity index (χ1v) is 12.4. The Labute approximate surface area is 214 Å². The fourth-order valence-corrected chi connectivity index (χ4v) is 5.36. The summed E-state index contributed by atoms with van der Waals surface area (Å²) in [6.45, 7) is 0.785. The van der Waals surface area contributed by atoms with Gasteiger partial charge in [0.15, 0.2) is 0 Å². The minimum atomic E-state index is -0.924. The van der Waals surface area contributed by atoms with Crippen molar-refractivity contribution in [3.63, 3.8) is 0 Å². The second kappa shape index (κ2) is 10.1. The van der Waals surface area contributed by atoms with Crippen LogP contribution in [0.2, 0.25) is 0 Å². The van der Waals surface area contributed by atoms with Crippen LogP contribution >= 0.6 is 0 Å². The summed E-state index contributed by atoms with van der Waals surface area (Å²) in [6.07, 6.45) is 3.42. The third-order valence-corrected chi connectivity index (χ3v) is 7.21. The number of fused-ring (bicyclic) bond motifs is 2. The number of para-hydroxylation sites is 1. The molecule has 37 heavy (non-hydrogen) atoms. The Balaban J connectivity index is 1.40. The monoisotopic (exact) mass is 500 g/mol. The number of methoxy groups -OCH3 is 1. The Kier molecular flexibility index (Phi) is 6.70. The number of aromatic nitrogens is 1. The van der Waals surface area contributed by atoms with Gasteiger partial charge >= 0.3 is 5.97 Å². The van der Waals surface area contributed by atoms with E-state index in [1.54, 1.807) is 18.2 Å². The number of carboxylic acids is 1. The van der Waals surface area contributed by atoms with Crippen molar-refractivity contribution in [3.8, 4) is 16.9 Å². The molecular formula is C30H29FN2O4. The number of nitrogens with zero attached hydrogens (tertiary/aromatic N) is 2. The van der Waals surface area contributed by atoms with Gasteiger partial charge < -0.3 is 19.3 Å². The van der Waals surface area contributed by atoms with E-state index in [-0.39, 0.29) is 18.1 Å². The molecule has 0 saturated heterocycles. The second-order valence-corrected chi connectivity index (χ2v) is 9.50. The van der Waals surface area contributed by atoms with Gasteiger partial charge in [-0.25, -0.2) is 4.39 Å². The molecule has 0 spiro atoms. The van der Waals surface area contributed by atoms with Crippen LogP contribution in [0.15, 0.2) is 60.8 Å². The van der Waals surface area contributed by atoms with Gasteiger partial charge in [-0.2, -0.15) is 0 Å². The van der Waals surface area contributed by atoms with Crippen molar-refractivity contribution in [2.24, 2.45) is 7.05 Å². The van der Waals surface area contributed by atoms with Gasteiger partial charge in [-0.05, 0) is 58.9 Å². The number of carboxylic acid groups (broad SMARTS) is 1. The summed E-state index contributed by atoms with van der Waals surface area (Å²) in [7, 11) is 3.54. The van der Waals surface area contributed by atoms with Crippen molar-refractivity contribution >= 4 is 22.8 Å². The molecule has 7 heteroatoms. The Bertz CT molecular complexity index is 1510. The number of hydrogen-bond acceptors (Lipinski definition) is 3. The van der Waals surface area contributed by atoms with Gasteiger partial charge in [-0.15, -0.1) is 0 Å². The third kappa shape index (κ3) is 4.81. The van der Waals surface area contributed by atoms with Crippen LogP contribution in [0.5, 0.6) is 5.75 Å². The molecule has 0 aliphatic carbocycles. The lowest BCUT2D eigenvalue weighted by Gasteiger charge is -2.31. The van der Waals surface area contributed by atoms with Crippen LogP contribution in [0.25, 0.3) is 22.0 Å². The number of hydrogen-bond donors (Lipinski definition) is 1. The molecule has 6 nitrogen and oxygen atoms in total. The summed E-state index contributed by atoms with van der Waals surface area (Å²) >= 11 is 0. The zero-order valence-electron chi connectivity index (χ0n) is 21.0. The third-order valence-electron chi connectivity index (χ3n) is 7.21. The molecule has 0 bridgehead atoms. The van der Waals surface area contributed by atoms with Gasteiger partial charge in [-0.1, -0.05) is 36.4 Å². The molecule has 1 aromatic heterocycles. The van der Waals surface area contributed by atoms with Gasteiger partial charge in [0.25, 0.3) is 0 Å². The molecule has 0 saturated carbocycles. The lowest BCUT2D eigenvalue weighted by Crippen LogP contribution is -2.36. The Morgan fingerprint density at radius 2 is 1.84 bits per heavy atom. The molecule has 2 heterocycles. The molecule has 1 aliphatic heterocycles. The summed E-state index contributed by atoms with van der Waals surface area (Å²) in [6, 6.07) is 16.6. The fraction of sp³-hybridized carbons (Fsp3) is 0.267. The molecule has 1 aliphatic rings. The number of carbonyl (C=O) groups is 2. The van der Waals surface area contributed by atoms with Gasteiger partial charge in [0.2, 0.25) is 5.91 Å². The predicted molar refractivity (Wildman–Crippen MR) is 140 cm³/mol. The van der Waals surface area contributed by atoms with Crippen molar-refractivity contribution in [1.29, 1.82) is 0 Å². The number of aryl methyl sites for hydroxylation is 2. The largest absolute Gasteiger partial charge is 0.496 e. The van der Waals surface area contributed by atoms with Crippen molar-refractivity contribution in [2.45, 2.75) is 32.2 Å². The van der Waals surface area contributed by atoms with E-state index >= 15 is 0 Å². The molecule has 0 unspecified atom stereocenters. The highest BCUT2D eigenvalue weighted by atomic mass is 19.1. The maximum absolute atomic E-state index is 14.8. The van der Waals surface area contributed by atoms with E-state index in [9.17, 15) is 14.0 Å². The quantitative estimate of drug-likeness (QED) is 0.382. The van der Waals surface area contributed by atoms with E-state index in [4.69, 9.17) is 9.84 Å². The maximum atomic E-state index is 14.8. The van der Waals surface area contributed by atoms with Crippen molar-refractivity contribution < 1.29 is 23.8 Å². The first-order valence-electron chi connectivity index (χ1n) is 12.4. The predicted octanol–water partition coefficient (Wildman–Crippen LogP) is 5.14. The summed E-state index contributed by atoms with van der Waals surface area (Å²) in [5, 5.41) is 10.3. The lowest BCUT2D eigenvalue weighted by atomic mass is 9.89. The molecule has 3 aromatic carbocycles. The minimum Gasteiger partial charge on any atom is -0.496 e. The summed E-state index contributed by atoms with van der Waals surface area (Å²) in [5.41, 5.74) is 5.83. The molecule has 5 rings (SSSR count). The van der Waals surface area contributed by atoms with E-state index in [0.29, 0.717) is 49.2 Å². The van der Waals surface area contributed by atoms with Crippen molar-refractivity contribution in [3.05, 3.63) is 88.9 Å². The highest BCUT2D eigenvalue weighted by Gasteiger charge is 2.26. The maximum Gasteiger partial charge on any atom is 0.307 e. The number of ether oxygens (including phenoxy) is 1. The molecule has 0 atom stereocenters. The first-order chi connectivity index (χ1) is 17.9.